The molecule has 0 spiro atoms. The van der Waals surface area contributed by atoms with Gasteiger partial charge in [0, 0.05) is 25.4 Å². The van der Waals surface area contributed by atoms with Crippen LogP contribution < -0.4 is 11.1 Å². The third kappa shape index (κ3) is 4.24. The quantitative estimate of drug-likeness (QED) is 0.622. The molecule has 0 aromatic heterocycles. The Balaban J connectivity index is 1.53. The molecule has 1 aromatic rings. The summed E-state index contributed by atoms with van der Waals surface area (Å²) in [6.45, 7) is 3.66. The highest BCUT2D eigenvalue weighted by molar-refractivity contribution is 5.92. The van der Waals surface area contributed by atoms with Crippen molar-refractivity contribution in [2.45, 2.75) is 38.1 Å². The Morgan fingerprint density at radius 2 is 2.22 bits per heavy atom. The molecular weight excluding hydrogens is 288 g/mol. The number of guanidine groups is 1. The Labute approximate surface area is 138 Å². The molecule has 3 rings (SSSR count). The van der Waals surface area contributed by atoms with Gasteiger partial charge < -0.3 is 15.8 Å². The molecule has 1 unspecified atom stereocenters. The molecular formula is C18H28N4O. The van der Waals surface area contributed by atoms with Gasteiger partial charge in [-0.2, -0.15) is 0 Å². The van der Waals surface area contributed by atoms with Gasteiger partial charge in [0.25, 0.3) is 0 Å². The van der Waals surface area contributed by atoms with E-state index in [1.165, 1.54) is 43.2 Å². The first kappa shape index (κ1) is 16.3. The van der Waals surface area contributed by atoms with Gasteiger partial charge >= 0.3 is 0 Å². The zero-order valence-corrected chi connectivity index (χ0v) is 14.1. The second-order valence-corrected chi connectivity index (χ2v) is 6.51. The number of nitrogens with two attached hydrogens (primary N) is 1. The summed E-state index contributed by atoms with van der Waals surface area (Å²) in [4.78, 5) is 7.01. The van der Waals surface area contributed by atoms with Crippen molar-refractivity contribution in [1.82, 2.24) is 4.90 Å². The number of hydrogen-bond acceptors (Lipinski definition) is 3. The highest BCUT2D eigenvalue weighted by Crippen LogP contribution is 2.24. The topological polar surface area (TPSA) is 62.9 Å². The number of aliphatic imine (C=N–C) groups is 1. The molecule has 1 atom stereocenters. The third-order valence-electron chi connectivity index (χ3n) is 4.92. The SMILES string of the molecule is COCCN1CCCC1CN=C(N)Nc1ccc2c(c1)CCC2. The fraction of sp³-hybridized carbons (Fsp3) is 0.611. The molecule has 0 radical (unpaired) electrons. The van der Waals surface area contributed by atoms with E-state index >= 15 is 0 Å². The molecule has 3 N–H and O–H groups in total. The summed E-state index contributed by atoms with van der Waals surface area (Å²) in [5, 5.41) is 3.24. The van der Waals surface area contributed by atoms with E-state index in [1.54, 1.807) is 7.11 Å². The maximum atomic E-state index is 6.07. The fourth-order valence-electron chi connectivity index (χ4n) is 3.65. The summed E-state index contributed by atoms with van der Waals surface area (Å²) in [5.74, 6) is 0.515. The Hall–Kier alpha value is -1.59. The van der Waals surface area contributed by atoms with E-state index in [0.717, 1.165) is 31.9 Å². The molecule has 2 aliphatic rings. The van der Waals surface area contributed by atoms with Crippen LogP contribution in [-0.2, 0) is 17.6 Å². The van der Waals surface area contributed by atoms with Crippen molar-refractivity contribution in [3.8, 4) is 0 Å². The van der Waals surface area contributed by atoms with Crippen molar-refractivity contribution >= 4 is 11.6 Å². The number of fused-ring (bicyclic) bond motifs is 1. The third-order valence-corrected chi connectivity index (χ3v) is 4.92. The standard InChI is InChI=1S/C18H28N4O/c1-23-11-10-22-9-3-6-17(22)13-20-18(19)21-16-8-7-14-4-2-5-15(14)12-16/h7-8,12,17H,2-6,9-11,13H2,1H3,(H3,19,20,21). The van der Waals surface area contributed by atoms with E-state index in [0.29, 0.717) is 12.0 Å². The van der Waals surface area contributed by atoms with Gasteiger partial charge in [-0.1, -0.05) is 6.07 Å². The molecule has 5 heteroatoms. The Morgan fingerprint density at radius 3 is 3.09 bits per heavy atom. The first-order valence-electron chi connectivity index (χ1n) is 8.68. The molecule has 1 saturated heterocycles. The molecule has 126 valence electrons. The Bertz CT molecular complexity index is 558. The van der Waals surface area contributed by atoms with Crippen molar-refractivity contribution in [3.63, 3.8) is 0 Å². The van der Waals surface area contributed by atoms with Gasteiger partial charge in [-0.15, -0.1) is 0 Å². The fourth-order valence-corrected chi connectivity index (χ4v) is 3.65. The molecule has 0 saturated carbocycles. The van der Waals surface area contributed by atoms with Crippen LogP contribution in [0.3, 0.4) is 0 Å². The van der Waals surface area contributed by atoms with Crippen LogP contribution in [-0.4, -0.2) is 50.3 Å². The van der Waals surface area contributed by atoms with E-state index in [2.05, 4.69) is 33.4 Å². The molecule has 1 aliphatic heterocycles. The summed E-state index contributed by atoms with van der Waals surface area (Å²) in [5.41, 5.74) is 10.0. The number of anilines is 1. The van der Waals surface area contributed by atoms with Crippen LogP contribution in [0.1, 0.15) is 30.4 Å². The Morgan fingerprint density at radius 1 is 1.35 bits per heavy atom. The van der Waals surface area contributed by atoms with Crippen LogP contribution in [0, 0.1) is 0 Å². The second-order valence-electron chi connectivity index (χ2n) is 6.51. The number of rotatable bonds is 6. The Kier molecular flexibility index (Phi) is 5.51. The largest absolute Gasteiger partial charge is 0.383 e. The van der Waals surface area contributed by atoms with Gasteiger partial charge in [-0.25, -0.2) is 0 Å². The minimum absolute atomic E-state index is 0.491. The maximum Gasteiger partial charge on any atom is 0.193 e. The van der Waals surface area contributed by atoms with E-state index in [-0.39, 0.29) is 0 Å². The highest BCUT2D eigenvalue weighted by atomic mass is 16.5. The number of nitrogens with one attached hydrogen (secondary N) is 1. The zero-order valence-electron chi connectivity index (χ0n) is 14.1. The lowest BCUT2D eigenvalue weighted by molar-refractivity contribution is 0.143. The van der Waals surface area contributed by atoms with Crippen LogP contribution in [0.4, 0.5) is 5.69 Å². The normalized spacial score (nSPS) is 21.6. The number of hydrogen-bond donors (Lipinski definition) is 2. The smallest absolute Gasteiger partial charge is 0.193 e. The minimum Gasteiger partial charge on any atom is -0.383 e. The van der Waals surface area contributed by atoms with Gasteiger partial charge in [0.2, 0.25) is 0 Å². The number of likely N-dealkylation sites (tertiary alicyclic amines) is 1. The lowest BCUT2D eigenvalue weighted by atomic mass is 10.1. The summed E-state index contributed by atoms with van der Waals surface area (Å²) in [6.07, 6.45) is 6.08. The van der Waals surface area contributed by atoms with Gasteiger partial charge in [-0.05, 0) is 61.9 Å². The van der Waals surface area contributed by atoms with E-state index in [9.17, 15) is 0 Å². The summed E-state index contributed by atoms with van der Waals surface area (Å²) in [7, 11) is 1.75. The average Bonchev–Trinajstić information content (AvgIpc) is 3.19. The van der Waals surface area contributed by atoms with Gasteiger partial charge in [0.05, 0.1) is 13.2 Å². The predicted molar refractivity (Wildman–Crippen MR) is 95.1 cm³/mol. The van der Waals surface area contributed by atoms with Crippen molar-refractivity contribution in [1.29, 1.82) is 0 Å². The molecule has 1 aliphatic carbocycles. The van der Waals surface area contributed by atoms with Gasteiger partial charge in [-0.3, -0.25) is 9.89 Å². The number of methoxy groups -OCH3 is 1. The summed E-state index contributed by atoms with van der Waals surface area (Å²) in [6, 6.07) is 7.02. The van der Waals surface area contributed by atoms with Crippen LogP contribution in [0.2, 0.25) is 0 Å². The first-order chi connectivity index (χ1) is 11.3. The molecule has 0 amide bonds. The molecule has 5 nitrogen and oxygen atoms in total. The molecule has 1 heterocycles. The molecule has 1 aromatic carbocycles. The average molecular weight is 316 g/mol. The van der Waals surface area contributed by atoms with Crippen molar-refractivity contribution in [2.75, 3.05) is 38.7 Å². The monoisotopic (exact) mass is 316 g/mol. The maximum absolute atomic E-state index is 6.07. The van der Waals surface area contributed by atoms with Crippen LogP contribution in [0.25, 0.3) is 0 Å². The molecule has 0 bridgehead atoms. The number of aryl methyl sites for hydroxylation is 2. The van der Waals surface area contributed by atoms with Crippen molar-refractivity contribution in [2.24, 2.45) is 10.7 Å². The highest BCUT2D eigenvalue weighted by Gasteiger charge is 2.23. The predicted octanol–water partition coefficient (Wildman–Crippen LogP) is 2.01. The number of benzene rings is 1. The first-order valence-corrected chi connectivity index (χ1v) is 8.68. The number of ether oxygens (including phenoxy) is 1. The van der Waals surface area contributed by atoms with Gasteiger partial charge in [0.15, 0.2) is 5.96 Å². The van der Waals surface area contributed by atoms with Crippen molar-refractivity contribution < 1.29 is 4.74 Å². The summed E-state index contributed by atoms with van der Waals surface area (Å²) >= 11 is 0. The lowest BCUT2D eigenvalue weighted by Crippen LogP contribution is -2.35. The zero-order chi connectivity index (χ0) is 16.1. The van der Waals surface area contributed by atoms with E-state index in [1.807, 2.05) is 0 Å². The van der Waals surface area contributed by atoms with E-state index in [4.69, 9.17) is 10.5 Å². The van der Waals surface area contributed by atoms with E-state index < -0.39 is 0 Å². The lowest BCUT2D eigenvalue weighted by Gasteiger charge is -2.22. The van der Waals surface area contributed by atoms with Crippen LogP contribution in [0.15, 0.2) is 23.2 Å². The summed E-state index contributed by atoms with van der Waals surface area (Å²) < 4.78 is 5.18. The molecule has 1 fully saturated rings. The van der Waals surface area contributed by atoms with Crippen LogP contribution in [0.5, 0.6) is 0 Å². The minimum atomic E-state index is 0.491. The van der Waals surface area contributed by atoms with Crippen molar-refractivity contribution in [3.05, 3.63) is 29.3 Å². The van der Waals surface area contributed by atoms with Crippen LogP contribution >= 0.6 is 0 Å². The number of nitrogens with zero attached hydrogens (tertiary/aromatic N) is 2. The molecule has 23 heavy (non-hydrogen) atoms. The van der Waals surface area contributed by atoms with Gasteiger partial charge in [0.1, 0.15) is 0 Å². The second kappa shape index (κ2) is 7.79.